The number of carbonyl (C=O) groups excluding carboxylic acids is 1. The predicted molar refractivity (Wildman–Crippen MR) is 53.7 cm³/mol. The molecule has 0 aromatic heterocycles. The van der Waals surface area contributed by atoms with E-state index in [1.54, 1.807) is 24.2 Å². The maximum atomic E-state index is 10.7. The van der Waals surface area contributed by atoms with Crippen molar-refractivity contribution < 1.29 is 4.79 Å². The van der Waals surface area contributed by atoms with E-state index in [0.29, 0.717) is 23.8 Å². The first-order valence-corrected chi connectivity index (χ1v) is 4.22. The van der Waals surface area contributed by atoms with Crippen LogP contribution in [0.5, 0.6) is 0 Å². The molecule has 0 amide bonds. The zero-order chi connectivity index (χ0) is 10.1. The Labute approximate surface area is 81.3 Å². The highest BCUT2D eigenvalue weighted by Crippen LogP contribution is 2.16. The number of hydrogen-bond acceptors (Lipinski definition) is 5. The van der Waals surface area contributed by atoms with Gasteiger partial charge in [-0.1, -0.05) is 0 Å². The minimum Gasteiger partial charge on any atom is -0.396 e. The third-order valence-electron chi connectivity index (χ3n) is 2.11. The summed E-state index contributed by atoms with van der Waals surface area (Å²) in [6, 6.07) is 0. The number of hydrogen-bond donors (Lipinski definition) is 1. The van der Waals surface area contributed by atoms with E-state index in [4.69, 9.17) is 5.73 Å². The van der Waals surface area contributed by atoms with Crippen LogP contribution in [0.2, 0.25) is 0 Å². The molecule has 0 radical (unpaired) electrons. The van der Waals surface area contributed by atoms with Crippen LogP contribution in [0.25, 0.3) is 0 Å². The van der Waals surface area contributed by atoms with Gasteiger partial charge in [0.25, 0.3) is 0 Å². The number of aliphatic imine (C=N–C) groups is 2. The van der Waals surface area contributed by atoms with Gasteiger partial charge in [0.2, 0.25) is 5.96 Å². The van der Waals surface area contributed by atoms with Crippen molar-refractivity contribution in [2.24, 2.45) is 15.7 Å². The first-order valence-electron chi connectivity index (χ1n) is 4.22. The Kier molecular flexibility index (Phi) is 1.92. The van der Waals surface area contributed by atoms with Crippen molar-refractivity contribution in [3.63, 3.8) is 0 Å². The standard InChI is InChI=1S/C9H10N4O/c1-6-7(5-14)3-13-4-8(10)2-11-9(13)12-6/h2,4-5H,3,10H2,1H3. The summed E-state index contributed by atoms with van der Waals surface area (Å²) in [4.78, 5) is 20.7. The van der Waals surface area contributed by atoms with Gasteiger partial charge < -0.3 is 10.6 Å². The van der Waals surface area contributed by atoms with Gasteiger partial charge in [-0.25, -0.2) is 9.98 Å². The van der Waals surface area contributed by atoms with Crippen LogP contribution < -0.4 is 5.73 Å². The highest BCUT2D eigenvalue weighted by molar-refractivity contribution is 5.98. The number of rotatable bonds is 1. The molecule has 0 aromatic rings. The maximum absolute atomic E-state index is 10.7. The smallest absolute Gasteiger partial charge is 0.230 e. The van der Waals surface area contributed by atoms with Crippen LogP contribution in [-0.2, 0) is 4.79 Å². The van der Waals surface area contributed by atoms with Crippen LogP contribution in [0.1, 0.15) is 6.92 Å². The molecule has 0 saturated carbocycles. The normalized spacial score (nSPS) is 20.2. The van der Waals surface area contributed by atoms with E-state index >= 15 is 0 Å². The monoisotopic (exact) mass is 190 g/mol. The van der Waals surface area contributed by atoms with Gasteiger partial charge >= 0.3 is 0 Å². The summed E-state index contributed by atoms with van der Waals surface area (Å²) in [5, 5.41) is 0. The summed E-state index contributed by atoms with van der Waals surface area (Å²) in [7, 11) is 0. The van der Waals surface area contributed by atoms with Crippen LogP contribution in [0, 0.1) is 0 Å². The molecule has 2 rings (SSSR count). The lowest BCUT2D eigenvalue weighted by Crippen LogP contribution is -2.34. The van der Waals surface area contributed by atoms with E-state index in [0.717, 1.165) is 12.0 Å². The van der Waals surface area contributed by atoms with Crippen LogP contribution >= 0.6 is 0 Å². The quantitative estimate of drug-likeness (QED) is 0.592. The summed E-state index contributed by atoms with van der Waals surface area (Å²) in [6.45, 7) is 2.29. The lowest BCUT2D eigenvalue weighted by Gasteiger charge is -2.26. The van der Waals surface area contributed by atoms with Crippen molar-refractivity contribution in [2.45, 2.75) is 6.92 Å². The van der Waals surface area contributed by atoms with Gasteiger partial charge in [-0.15, -0.1) is 0 Å². The van der Waals surface area contributed by atoms with E-state index < -0.39 is 0 Å². The lowest BCUT2D eigenvalue weighted by molar-refractivity contribution is -0.105. The van der Waals surface area contributed by atoms with Crippen LogP contribution in [0.3, 0.4) is 0 Å². The second-order valence-corrected chi connectivity index (χ2v) is 3.16. The number of guanidine groups is 1. The molecule has 0 saturated heterocycles. The van der Waals surface area contributed by atoms with Gasteiger partial charge in [0.1, 0.15) is 6.29 Å². The fourth-order valence-corrected chi connectivity index (χ4v) is 1.33. The first kappa shape index (κ1) is 8.68. The van der Waals surface area contributed by atoms with Crippen molar-refractivity contribution in [1.82, 2.24) is 4.90 Å². The van der Waals surface area contributed by atoms with Crippen molar-refractivity contribution >= 4 is 18.5 Å². The molecule has 2 aliphatic heterocycles. The molecule has 0 atom stereocenters. The van der Waals surface area contributed by atoms with Crippen LogP contribution in [0.4, 0.5) is 0 Å². The third-order valence-corrected chi connectivity index (χ3v) is 2.11. The van der Waals surface area contributed by atoms with Gasteiger partial charge in [0.15, 0.2) is 0 Å². The molecule has 0 spiro atoms. The fraction of sp³-hybridized carbons (Fsp3) is 0.222. The number of nitrogens with two attached hydrogens (primary N) is 1. The molecule has 2 heterocycles. The topological polar surface area (TPSA) is 71.0 Å². The molecule has 5 nitrogen and oxygen atoms in total. The fourth-order valence-electron chi connectivity index (χ4n) is 1.33. The number of carbonyl (C=O) groups is 1. The molecule has 14 heavy (non-hydrogen) atoms. The van der Waals surface area contributed by atoms with Crippen LogP contribution in [-0.4, -0.2) is 29.9 Å². The van der Waals surface area contributed by atoms with E-state index in [-0.39, 0.29) is 0 Å². The molecular formula is C9H10N4O. The lowest BCUT2D eigenvalue weighted by atomic mass is 10.2. The molecule has 0 aromatic carbocycles. The molecular weight excluding hydrogens is 180 g/mol. The molecule has 2 aliphatic rings. The summed E-state index contributed by atoms with van der Waals surface area (Å²) in [5.41, 5.74) is 7.52. The third kappa shape index (κ3) is 1.32. The summed E-state index contributed by atoms with van der Waals surface area (Å²) in [5.74, 6) is 0.585. The Balaban J connectivity index is 2.38. The second kappa shape index (κ2) is 3.10. The van der Waals surface area contributed by atoms with Crippen molar-refractivity contribution in [2.75, 3.05) is 6.54 Å². The van der Waals surface area contributed by atoms with Crippen molar-refractivity contribution in [3.8, 4) is 0 Å². The predicted octanol–water partition coefficient (Wildman–Crippen LogP) is 0.0154. The molecule has 5 heteroatoms. The van der Waals surface area contributed by atoms with Gasteiger partial charge in [0, 0.05) is 17.5 Å². The van der Waals surface area contributed by atoms with Crippen molar-refractivity contribution in [3.05, 3.63) is 23.2 Å². The van der Waals surface area contributed by atoms with E-state index in [1.165, 1.54) is 0 Å². The van der Waals surface area contributed by atoms with Gasteiger partial charge in [-0.2, -0.15) is 0 Å². The average Bonchev–Trinajstić information content (AvgIpc) is 2.17. The minimum atomic E-state index is 0.492. The molecule has 2 N–H and O–H groups in total. The Morgan fingerprint density at radius 1 is 1.64 bits per heavy atom. The molecule has 72 valence electrons. The van der Waals surface area contributed by atoms with E-state index in [2.05, 4.69) is 9.98 Å². The second-order valence-electron chi connectivity index (χ2n) is 3.16. The minimum absolute atomic E-state index is 0.492. The summed E-state index contributed by atoms with van der Waals surface area (Å²) >= 11 is 0. The SMILES string of the molecule is CC1=C(C=O)CN2C=C(N)C=NC2=N1. The number of nitrogens with zero attached hydrogens (tertiary/aromatic N) is 3. The van der Waals surface area contributed by atoms with E-state index in [1.807, 2.05) is 0 Å². The number of aldehydes is 1. The summed E-state index contributed by atoms with van der Waals surface area (Å²) in [6.07, 6.45) is 4.09. The largest absolute Gasteiger partial charge is 0.396 e. The number of allylic oxidation sites excluding steroid dienone is 2. The maximum Gasteiger partial charge on any atom is 0.230 e. The van der Waals surface area contributed by atoms with Crippen LogP contribution in [0.15, 0.2) is 33.2 Å². The molecule has 0 unspecified atom stereocenters. The zero-order valence-electron chi connectivity index (χ0n) is 7.77. The molecule has 0 bridgehead atoms. The number of fused-ring (bicyclic) bond motifs is 1. The Morgan fingerprint density at radius 2 is 2.43 bits per heavy atom. The van der Waals surface area contributed by atoms with Gasteiger partial charge in [-0.05, 0) is 6.92 Å². The molecule has 0 aliphatic carbocycles. The summed E-state index contributed by atoms with van der Waals surface area (Å²) < 4.78 is 0. The van der Waals surface area contributed by atoms with Gasteiger partial charge in [0.05, 0.1) is 18.5 Å². The van der Waals surface area contributed by atoms with E-state index in [9.17, 15) is 4.79 Å². The zero-order valence-corrected chi connectivity index (χ0v) is 7.77. The molecule has 0 fully saturated rings. The Bertz CT molecular complexity index is 403. The average molecular weight is 190 g/mol. The Hall–Kier alpha value is -1.91. The Morgan fingerprint density at radius 3 is 3.14 bits per heavy atom. The first-order chi connectivity index (χ1) is 6.70. The van der Waals surface area contributed by atoms with Crippen molar-refractivity contribution in [1.29, 1.82) is 0 Å². The highest BCUT2D eigenvalue weighted by atomic mass is 16.1. The van der Waals surface area contributed by atoms with Gasteiger partial charge in [-0.3, -0.25) is 4.79 Å². The highest BCUT2D eigenvalue weighted by Gasteiger charge is 2.19.